The van der Waals surface area contributed by atoms with Crippen LogP contribution in [0.5, 0.6) is 5.75 Å². The largest absolute Gasteiger partial charge is 0.497 e. The molecular formula is C15H12BrFO2. The second-order valence-electron chi connectivity index (χ2n) is 4.06. The summed E-state index contributed by atoms with van der Waals surface area (Å²) >= 11 is 3.26. The number of benzene rings is 2. The van der Waals surface area contributed by atoms with Gasteiger partial charge < -0.3 is 4.74 Å². The third-order valence-corrected chi connectivity index (χ3v) is 3.52. The third kappa shape index (κ3) is 3.41. The van der Waals surface area contributed by atoms with E-state index >= 15 is 0 Å². The van der Waals surface area contributed by atoms with Crippen molar-refractivity contribution < 1.29 is 13.9 Å². The van der Waals surface area contributed by atoms with E-state index in [1.165, 1.54) is 12.1 Å². The second-order valence-corrected chi connectivity index (χ2v) is 4.92. The zero-order valence-electron chi connectivity index (χ0n) is 10.3. The van der Waals surface area contributed by atoms with Gasteiger partial charge >= 0.3 is 0 Å². The van der Waals surface area contributed by atoms with Crippen LogP contribution in [0.25, 0.3) is 0 Å². The van der Waals surface area contributed by atoms with Crippen LogP contribution in [0.3, 0.4) is 0 Å². The van der Waals surface area contributed by atoms with Gasteiger partial charge in [-0.05, 0) is 42.0 Å². The molecule has 0 radical (unpaired) electrons. The molecular weight excluding hydrogens is 311 g/mol. The molecule has 19 heavy (non-hydrogen) atoms. The van der Waals surface area contributed by atoms with Crippen molar-refractivity contribution in [3.05, 3.63) is 63.9 Å². The zero-order chi connectivity index (χ0) is 13.8. The first-order chi connectivity index (χ1) is 9.10. The van der Waals surface area contributed by atoms with Crippen LogP contribution in [-0.2, 0) is 6.42 Å². The molecule has 0 aromatic heterocycles. The van der Waals surface area contributed by atoms with Gasteiger partial charge in [0.05, 0.1) is 7.11 Å². The van der Waals surface area contributed by atoms with Crippen LogP contribution in [0.1, 0.15) is 15.9 Å². The molecule has 0 unspecified atom stereocenters. The Balaban J connectivity index is 2.15. The maximum absolute atomic E-state index is 13.0. The van der Waals surface area contributed by atoms with Crippen molar-refractivity contribution >= 4 is 21.7 Å². The van der Waals surface area contributed by atoms with Gasteiger partial charge in [-0.1, -0.05) is 22.0 Å². The molecule has 0 saturated heterocycles. The number of carbonyl (C=O) groups excluding carboxylic acids is 1. The SMILES string of the molecule is COc1ccc(C(=O)Cc2ccc(F)cc2Br)cc1. The Hall–Kier alpha value is -1.68. The fourth-order valence-corrected chi connectivity index (χ4v) is 2.21. The van der Waals surface area contributed by atoms with Gasteiger partial charge in [0.1, 0.15) is 11.6 Å². The van der Waals surface area contributed by atoms with Crippen molar-refractivity contribution in [3.8, 4) is 5.75 Å². The molecule has 2 aromatic rings. The normalized spacial score (nSPS) is 10.3. The number of carbonyl (C=O) groups is 1. The lowest BCUT2D eigenvalue weighted by Gasteiger charge is -2.05. The predicted molar refractivity (Wildman–Crippen MR) is 75.1 cm³/mol. The van der Waals surface area contributed by atoms with Gasteiger partial charge in [-0.15, -0.1) is 0 Å². The first-order valence-corrected chi connectivity index (χ1v) is 6.50. The Morgan fingerprint density at radius 2 is 1.89 bits per heavy atom. The van der Waals surface area contributed by atoms with E-state index in [0.29, 0.717) is 15.8 Å². The van der Waals surface area contributed by atoms with Gasteiger partial charge in [0.25, 0.3) is 0 Å². The lowest BCUT2D eigenvalue weighted by atomic mass is 10.0. The van der Waals surface area contributed by atoms with E-state index in [1.54, 1.807) is 37.4 Å². The summed E-state index contributed by atoms with van der Waals surface area (Å²) in [4.78, 5) is 12.1. The fraction of sp³-hybridized carbons (Fsp3) is 0.133. The monoisotopic (exact) mass is 322 g/mol. The van der Waals surface area contributed by atoms with Crippen LogP contribution >= 0.6 is 15.9 Å². The smallest absolute Gasteiger partial charge is 0.167 e. The quantitative estimate of drug-likeness (QED) is 0.795. The summed E-state index contributed by atoms with van der Waals surface area (Å²) < 4.78 is 18.6. The molecule has 0 fully saturated rings. The Morgan fingerprint density at radius 1 is 1.21 bits per heavy atom. The maximum Gasteiger partial charge on any atom is 0.167 e. The fourth-order valence-electron chi connectivity index (χ4n) is 1.72. The number of halogens is 2. The van der Waals surface area contributed by atoms with E-state index in [9.17, 15) is 9.18 Å². The van der Waals surface area contributed by atoms with Crippen LogP contribution < -0.4 is 4.74 Å². The molecule has 0 aliphatic heterocycles. The molecule has 0 saturated carbocycles. The van der Waals surface area contributed by atoms with Crippen LogP contribution in [0.15, 0.2) is 46.9 Å². The summed E-state index contributed by atoms with van der Waals surface area (Å²) in [6, 6.07) is 11.2. The van der Waals surface area contributed by atoms with Gasteiger partial charge in [0.2, 0.25) is 0 Å². The Morgan fingerprint density at radius 3 is 2.47 bits per heavy atom. The second kappa shape index (κ2) is 5.97. The van der Waals surface area contributed by atoms with Crippen LogP contribution in [0.4, 0.5) is 4.39 Å². The van der Waals surface area contributed by atoms with E-state index in [2.05, 4.69) is 15.9 Å². The molecule has 2 aromatic carbocycles. The van der Waals surface area contributed by atoms with Gasteiger partial charge in [-0.25, -0.2) is 4.39 Å². The molecule has 0 aliphatic carbocycles. The molecule has 2 rings (SSSR count). The maximum atomic E-state index is 13.0. The highest BCUT2D eigenvalue weighted by Crippen LogP contribution is 2.20. The van der Waals surface area contributed by atoms with E-state index in [0.717, 1.165) is 5.56 Å². The van der Waals surface area contributed by atoms with Crippen molar-refractivity contribution in [2.24, 2.45) is 0 Å². The summed E-state index contributed by atoms with van der Waals surface area (Å²) in [5, 5.41) is 0. The number of ketones is 1. The number of methoxy groups -OCH3 is 1. The molecule has 0 aliphatic rings. The highest BCUT2D eigenvalue weighted by Gasteiger charge is 2.10. The number of hydrogen-bond donors (Lipinski definition) is 0. The highest BCUT2D eigenvalue weighted by atomic mass is 79.9. The third-order valence-electron chi connectivity index (χ3n) is 2.78. The van der Waals surface area contributed by atoms with Crippen molar-refractivity contribution in [1.82, 2.24) is 0 Å². The van der Waals surface area contributed by atoms with Gasteiger partial charge in [-0.2, -0.15) is 0 Å². The minimum atomic E-state index is -0.326. The zero-order valence-corrected chi connectivity index (χ0v) is 11.9. The average molecular weight is 323 g/mol. The molecule has 98 valence electrons. The Kier molecular flexibility index (Phi) is 4.32. The molecule has 0 bridgehead atoms. The standard InChI is InChI=1S/C15H12BrFO2/c1-19-13-6-3-10(4-7-13)15(18)8-11-2-5-12(17)9-14(11)16/h2-7,9H,8H2,1H3. The molecule has 0 amide bonds. The lowest BCUT2D eigenvalue weighted by Crippen LogP contribution is -2.04. The van der Waals surface area contributed by atoms with E-state index in [-0.39, 0.29) is 18.0 Å². The molecule has 4 heteroatoms. The van der Waals surface area contributed by atoms with Crippen LogP contribution in [0.2, 0.25) is 0 Å². The minimum absolute atomic E-state index is 0.0186. The number of ether oxygens (including phenoxy) is 1. The van der Waals surface area contributed by atoms with Gasteiger partial charge in [0.15, 0.2) is 5.78 Å². The van der Waals surface area contributed by atoms with Gasteiger partial charge in [-0.3, -0.25) is 4.79 Å². The summed E-state index contributed by atoms with van der Waals surface area (Å²) in [5.74, 6) is 0.363. The van der Waals surface area contributed by atoms with Crippen molar-refractivity contribution in [3.63, 3.8) is 0 Å². The van der Waals surface area contributed by atoms with Crippen molar-refractivity contribution in [2.75, 3.05) is 7.11 Å². The van der Waals surface area contributed by atoms with E-state index in [4.69, 9.17) is 4.74 Å². The Labute approximate surface area is 119 Å². The van der Waals surface area contributed by atoms with Gasteiger partial charge in [0, 0.05) is 16.5 Å². The summed E-state index contributed by atoms with van der Waals surface area (Å²) in [6.45, 7) is 0. The first kappa shape index (κ1) is 13.7. The topological polar surface area (TPSA) is 26.3 Å². The summed E-state index contributed by atoms with van der Waals surface area (Å²) in [5.41, 5.74) is 1.37. The molecule has 0 N–H and O–H groups in total. The van der Waals surface area contributed by atoms with Crippen molar-refractivity contribution in [1.29, 1.82) is 0 Å². The van der Waals surface area contributed by atoms with E-state index in [1.807, 2.05) is 0 Å². The number of hydrogen-bond acceptors (Lipinski definition) is 2. The number of Topliss-reactive ketones (excluding diaryl/α,β-unsaturated/α-hetero) is 1. The molecule has 0 atom stereocenters. The highest BCUT2D eigenvalue weighted by molar-refractivity contribution is 9.10. The van der Waals surface area contributed by atoms with E-state index < -0.39 is 0 Å². The minimum Gasteiger partial charge on any atom is -0.497 e. The molecule has 2 nitrogen and oxygen atoms in total. The number of rotatable bonds is 4. The first-order valence-electron chi connectivity index (χ1n) is 5.71. The molecule has 0 heterocycles. The summed E-state index contributed by atoms with van der Waals surface area (Å²) in [6.07, 6.45) is 0.229. The van der Waals surface area contributed by atoms with Crippen molar-refractivity contribution in [2.45, 2.75) is 6.42 Å². The predicted octanol–water partition coefficient (Wildman–Crippen LogP) is 4.02. The Bertz CT molecular complexity index is 594. The average Bonchev–Trinajstić information content (AvgIpc) is 2.42. The molecule has 0 spiro atoms. The lowest BCUT2D eigenvalue weighted by molar-refractivity contribution is 0.0992. The van der Waals surface area contributed by atoms with Crippen LogP contribution in [-0.4, -0.2) is 12.9 Å². The summed E-state index contributed by atoms with van der Waals surface area (Å²) in [7, 11) is 1.58. The van der Waals surface area contributed by atoms with Crippen LogP contribution in [0, 0.1) is 5.82 Å².